The molecule has 3 aromatic rings. The van der Waals surface area contributed by atoms with E-state index >= 15 is 0 Å². The maximum Gasteiger partial charge on any atom is 0.425 e. The van der Waals surface area contributed by atoms with Crippen LogP contribution in [0.5, 0.6) is 5.75 Å². The molecule has 0 bridgehead atoms. The number of carbonyl (C=O) groups excluding carboxylic acids is 1. The van der Waals surface area contributed by atoms with E-state index in [2.05, 4.69) is 23.4 Å². The normalized spacial score (nSPS) is 16.9. The first kappa shape index (κ1) is 29.1. The number of rotatable bonds is 8. The average Bonchev–Trinajstić information content (AvgIpc) is 2.89. The van der Waals surface area contributed by atoms with Crippen molar-refractivity contribution in [3.05, 3.63) is 74.7 Å². The number of carbonyl (C=O) groups is 1. The summed E-state index contributed by atoms with van der Waals surface area (Å²) >= 11 is 26.0. The van der Waals surface area contributed by atoms with Crippen LogP contribution >= 0.6 is 53.8 Å². The Morgan fingerprint density at radius 2 is 1.47 bits per heavy atom. The van der Waals surface area contributed by atoms with E-state index in [0.717, 1.165) is 24.1 Å². The smallest absolute Gasteiger partial charge is 0.409 e. The first-order valence-corrected chi connectivity index (χ1v) is 15.6. The van der Waals surface area contributed by atoms with Crippen LogP contribution in [0.4, 0.5) is 21.9 Å². The molecule has 3 aromatic carbocycles. The van der Waals surface area contributed by atoms with Crippen LogP contribution in [0.15, 0.2) is 59.3 Å². The molecule has 0 saturated heterocycles. The molecule has 202 valence electrons. The van der Waals surface area contributed by atoms with Crippen molar-refractivity contribution < 1.29 is 9.53 Å². The molecule has 0 radical (unpaired) electrons. The summed E-state index contributed by atoms with van der Waals surface area (Å²) in [6.07, 6.45) is -0.570. The number of halogens is 4. The molecule has 0 aliphatic carbocycles. The highest BCUT2D eigenvalue weighted by atomic mass is 35.5. The van der Waals surface area contributed by atoms with E-state index in [1.807, 2.05) is 32.0 Å². The second kappa shape index (κ2) is 12.1. The summed E-state index contributed by atoms with van der Waals surface area (Å²) in [5.74, 6) is 0.461. The minimum Gasteiger partial charge on any atom is -0.409 e. The minimum absolute atomic E-state index is 0.313. The van der Waals surface area contributed by atoms with E-state index in [1.165, 1.54) is 0 Å². The van der Waals surface area contributed by atoms with Crippen molar-refractivity contribution in [3.63, 3.8) is 0 Å². The second-order valence-corrected chi connectivity index (χ2v) is 12.9. The molecule has 0 aromatic heterocycles. The average molecular weight is 614 g/mol. The van der Waals surface area contributed by atoms with Gasteiger partial charge in [-0.2, -0.15) is 0 Å². The van der Waals surface area contributed by atoms with Gasteiger partial charge >= 0.3 is 6.09 Å². The molecule has 4 rings (SSSR count). The van der Waals surface area contributed by atoms with Crippen LogP contribution in [0.1, 0.15) is 27.7 Å². The first-order chi connectivity index (χ1) is 18.2. The molecule has 0 spiro atoms. The van der Waals surface area contributed by atoms with Gasteiger partial charge in [-0.25, -0.2) is 18.9 Å². The molecule has 0 N–H and O–H groups in total. The van der Waals surface area contributed by atoms with Gasteiger partial charge in [0, 0.05) is 37.9 Å². The van der Waals surface area contributed by atoms with Crippen LogP contribution in [0.25, 0.3) is 0 Å². The highest BCUT2D eigenvalue weighted by Gasteiger charge is 2.47. The van der Waals surface area contributed by atoms with Gasteiger partial charge in [-0.05, 0) is 56.3 Å². The Hall–Kier alpha value is -1.92. The number of nitrogens with zero attached hydrogens (tertiary/aromatic N) is 4. The van der Waals surface area contributed by atoms with Gasteiger partial charge in [0.05, 0.1) is 31.1 Å². The van der Waals surface area contributed by atoms with Crippen LogP contribution in [0, 0.1) is 0 Å². The van der Waals surface area contributed by atoms with E-state index in [9.17, 15) is 4.79 Å². The molecule has 38 heavy (non-hydrogen) atoms. The Balaban J connectivity index is 2.16. The van der Waals surface area contributed by atoms with Gasteiger partial charge < -0.3 is 9.64 Å². The molecule has 1 aliphatic rings. The van der Waals surface area contributed by atoms with Gasteiger partial charge in [0.15, 0.2) is 7.36 Å². The van der Waals surface area contributed by atoms with Crippen LogP contribution in [0.2, 0.25) is 20.1 Å². The lowest BCUT2D eigenvalue weighted by atomic mass is 10.2. The number of benzene rings is 3. The number of hydrogen-bond donors (Lipinski definition) is 0. The van der Waals surface area contributed by atoms with Crippen molar-refractivity contribution in [2.24, 2.45) is 4.74 Å². The summed E-state index contributed by atoms with van der Waals surface area (Å²) in [6, 6.07) is 16.2. The van der Waals surface area contributed by atoms with Crippen molar-refractivity contribution in [1.82, 2.24) is 4.67 Å². The van der Waals surface area contributed by atoms with Gasteiger partial charge in [0.2, 0.25) is 0 Å². The SMILES string of the molecule is CCN(CC)c1ccc2c(c1)OC(=O)N(c1ccc(Cl)c(Cl)c1)[P@]2(=Nc1c(Cl)cccc1Cl)N(CC)CC. The highest BCUT2D eigenvalue weighted by molar-refractivity contribution is 7.74. The summed E-state index contributed by atoms with van der Waals surface area (Å²) in [6.45, 7) is 11.1. The lowest BCUT2D eigenvalue weighted by molar-refractivity contribution is 0.210. The fourth-order valence-electron chi connectivity index (χ4n) is 4.64. The predicted molar refractivity (Wildman–Crippen MR) is 163 cm³/mol. The van der Waals surface area contributed by atoms with Crippen LogP contribution in [-0.2, 0) is 0 Å². The monoisotopic (exact) mass is 612 g/mol. The minimum atomic E-state index is -3.13. The number of fused-ring (bicyclic) bond motifs is 1. The number of ether oxygens (including phenoxy) is 1. The quantitative estimate of drug-likeness (QED) is 0.237. The molecule has 6 nitrogen and oxygen atoms in total. The van der Waals surface area contributed by atoms with Crippen LogP contribution in [-0.4, -0.2) is 36.9 Å². The third-order valence-corrected chi connectivity index (χ3v) is 11.6. The van der Waals surface area contributed by atoms with E-state index in [-0.39, 0.29) is 0 Å². The topological polar surface area (TPSA) is 48.4 Å². The zero-order valence-electron chi connectivity index (χ0n) is 21.6. The number of amides is 1. The molecule has 0 fully saturated rings. The maximum atomic E-state index is 14.0. The maximum absolute atomic E-state index is 14.0. The Morgan fingerprint density at radius 3 is 2.05 bits per heavy atom. The van der Waals surface area contributed by atoms with E-state index in [4.69, 9.17) is 55.9 Å². The van der Waals surface area contributed by atoms with Crippen LogP contribution < -0.4 is 19.6 Å². The fraction of sp³-hybridized carbons (Fsp3) is 0.296. The molecule has 0 saturated carbocycles. The molecule has 1 amide bonds. The third-order valence-electron chi connectivity index (χ3n) is 6.49. The second-order valence-electron chi connectivity index (χ2n) is 8.48. The third kappa shape index (κ3) is 5.15. The lowest BCUT2D eigenvalue weighted by Gasteiger charge is -2.46. The molecule has 1 aliphatic heterocycles. The Bertz CT molecular complexity index is 1390. The standard InChI is InChI=1S/C27H29Cl4N4O2P/c1-5-33(6-2)18-13-15-25-24(17-18)37-27(36)35(19-12-14-20(28)23(31)16-19)38(25,34(7-3)8-4)32-26-21(29)10-9-11-22(26)30/h9-17H,5-8H2,1-4H3/t38-/m1/s1. The van der Waals surface area contributed by atoms with Gasteiger partial charge in [-0.3, -0.25) is 0 Å². The first-order valence-electron chi connectivity index (χ1n) is 12.4. The summed E-state index contributed by atoms with van der Waals surface area (Å²) in [4.78, 5) is 16.2. The largest absolute Gasteiger partial charge is 0.425 e. The highest BCUT2D eigenvalue weighted by Crippen LogP contribution is 2.63. The molecule has 1 atom stereocenters. The van der Waals surface area contributed by atoms with Gasteiger partial charge in [-0.15, -0.1) is 0 Å². The zero-order chi connectivity index (χ0) is 27.6. The summed E-state index contributed by atoms with van der Waals surface area (Å²) in [5.41, 5.74) is 1.88. The fourth-order valence-corrected chi connectivity index (χ4v) is 9.31. The molecule has 1 heterocycles. The van der Waals surface area contributed by atoms with E-state index in [0.29, 0.717) is 50.3 Å². The van der Waals surface area contributed by atoms with Crippen molar-refractivity contribution in [1.29, 1.82) is 0 Å². The summed E-state index contributed by atoms with van der Waals surface area (Å²) in [5, 5.41) is 2.24. The van der Waals surface area contributed by atoms with Crippen LogP contribution in [0.3, 0.4) is 0 Å². The summed E-state index contributed by atoms with van der Waals surface area (Å²) < 4.78 is 15.1. The van der Waals surface area contributed by atoms with Gasteiger partial charge in [0.1, 0.15) is 11.4 Å². The Labute approximate surface area is 244 Å². The molecule has 0 unspecified atom stereocenters. The van der Waals surface area contributed by atoms with Crippen molar-refractivity contribution in [3.8, 4) is 5.75 Å². The Morgan fingerprint density at radius 1 is 0.816 bits per heavy atom. The van der Waals surface area contributed by atoms with Crippen molar-refractivity contribution >= 4 is 82.2 Å². The number of anilines is 2. The zero-order valence-corrected chi connectivity index (χ0v) is 25.5. The van der Waals surface area contributed by atoms with Gasteiger partial charge in [-0.1, -0.05) is 66.3 Å². The molecular weight excluding hydrogens is 585 g/mol. The molecule has 11 heteroatoms. The lowest BCUT2D eigenvalue weighted by Crippen LogP contribution is -2.46. The van der Waals surface area contributed by atoms with Crippen molar-refractivity contribution in [2.45, 2.75) is 27.7 Å². The predicted octanol–water partition coefficient (Wildman–Crippen LogP) is 9.50. The Kier molecular flexibility index (Phi) is 9.24. The van der Waals surface area contributed by atoms with Crippen molar-refractivity contribution in [2.75, 3.05) is 35.7 Å². The van der Waals surface area contributed by atoms with Gasteiger partial charge in [0.25, 0.3) is 0 Å². The van der Waals surface area contributed by atoms with E-state index < -0.39 is 13.4 Å². The molecular formula is C27H29Cl4N4O2P. The summed E-state index contributed by atoms with van der Waals surface area (Å²) in [7, 11) is -3.13. The number of hydrogen-bond acceptors (Lipinski definition) is 4. The van der Waals surface area contributed by atoms with E-state index in [1.54, 1.807) is 41.1 Å².